The Balaban J connectivity index is 1.60. The van der Waals surface area contributed by atoms with E-state index < -0.39 is 0 Å². The Hall–Kier alpha value is -1.37. The Morgan fingerprint density at radius 1 is 1.24 bits per heavy atom. The number of piperidine rings is 1. The number of fused-ring (bicyclic) bond motifs is 1. The van der Waals surface area contributed by atoms with E-state index in [-0.39, 0.29) is 5.79 Å². The molecule has 1 aromatic carbocycles. The third-order valence-electron chi connectivity index (χ3n) is 4.32. The number of nitrogens with two attached hydrogens (primary N) is 1. The first-order valence-corrected chi connectivity index (χ1v) is 8.16. The van der Waals surface area contributed by atoms with E-state index in [0.29, 0.717) is 13.2 Å². The zero-order chi connectivity index (χ0) is 14.4. The molecule has 2 N–H and O–H groups in total. The van der Waals surface area contributed by atoms with Crippen LogP contribution in [0, 0.1) is 6.92 Å². The molecule has 0 saturated carbocycles. The largest absolute Gasteiger partial charge is 0.397 e. The SMILES string of the molecule is Cc1nc2cc(N3CCC4(CC3)OCCO4)c(N)cc2s1. The van der Waals surface area contributed by atoms with E-state index in [1.54, 1.807) is 11.3 Å². The van der Waals surface area contributed by atoms with Crippen molar-refractivity contribution >= 4 is 32.9 Å². The highest BCUT2D eigenvalue weighted by Gasteiger charge is 2.40. The fourth-order valence-electron chi connectivity index (χ4n) is 3.24. The van der Waals surface area contributed by atoms with Crippen LogP contribution in [0.2, 0.25) is 0 Å². The average Bonchev–Trinajstić information content (AvgIpc) is 3.05. The summed E-state index contributed by atoms with van der Waals surface area (Å²) in [5.41, 5.74) is 9.20. The summed E-state index contributed by atoms with van der Waals surface area (Å²) in [5, 5.41) is 1.08. The lowest BCUT2D eigenvalue weighted by Crippen LogP contribution is -2.45. The lowest BCUT2D eigenvalue weighted by Gasteiger charge is -2.39. The summed E-state index contributed by atoms with van der Waals surface area (Å²) in [6, 6.07) is 4.16. The fourth-order valence-corrected chi connectivity index (χ4v) is 4.10. The molecule has 112 valence electrons. The third kappa shape index (κ3) is 2.27. The monoisotopic (exact) mass is 305 g/mol. The van der Waals surface area contributed by atoms with Crippen LogP contribution in [0.15, 0.2) is 12.1 Å². The number of rotatable bonds is 1. The molecule has 0 aliphatic carbocycles. The average molecular weight is 305 g/mol. The van der Waals surface area contributed by atoms with Crippen molar-refractivity contribution in [3.63, 3.8) is 0 Å². The molecule has 0 amide bonds. The normalized spacial score (nSPS) is 21.5. The number of hydrogen-bond donors (Lipinski definition) is 1. The Kier molecular flexibility index (Phi) is 3.06. The van der Waals surface area contributed by atoms with Gasteiger partial charge in [0.25, 0.3) is 0 Å². The number of aryl methyl sites for hydroxylation is 1. The van der Waals surface area contributed by atoms with Gasteiger partial charge < -0.3 is 20.1 Å². The molecular weight excluding hydrogens is 286 g/mol. The number of benzene rings is 1. The molecule has 6 heteroatoms. The minimum Gasteiger partial charge on any atom is -0.397 e. The van der Waals surface area contributed by atoms with Gasteiger partial charge in [0.2, 0.25) is 0 Å². The molecule has 5 nitrogen and oxygen atoms in total. The van der Waals surface area contributed by atoms with Crippen molar-refractivity contribution in [3.05, 3.63) is 17.1 Å². The summed E-state index contributed by atoms with van der Waals surface area (Å²) >= 11 is 1.69. The van der Waals surface area contributed by atoms with E-state index in [4.69, 9.17) is 15.2 Å². The number of nitrogen functional groups attached to an aromatic ring is 1. The Bertz CT molecular complexity index is 669. The zero-order valence-electron chi connectivity index (χ0n) is 12.1. The van der Waals surface area contributed by atoms with E-state index in [0.717, 1.165) is 52.5 Å². The van der Waals surface area contributed by atoms with E-state index in [1.807, 2.05) is 13.0 Å². The first-order chi connectivity index (χ1) is 10.2. The molecule has 0 radical (unpaired) electrons. The van der Waals surface area contributed by atoms with Crippen LogP contribution >= 0.6 is 11.3 Å². The van der Waals surface area contributed by atoms with Crippen LogP contribution in [0.1, 0.15) is 17.8 Å². The van der Waals surface area contributed by atoms with Gasteiger partial charge in [-0.05, 0) is 19.1 Å². The number of ether oxygens (including phenoxy) is 2. The number of hydrogen-bond acceptors (Lipinski definition) is 6. The molecule has 3 heterocycles. The summed E-state index contributed by atoms with van der Waals surface area (Å²) < 4.78 is 12.7. The van der Waals surface area contributed by atoms with E-state index in [1.165, 1.54) is 0 Å². The Morgan fingerprint density at radius 3 is 2.67 bits per heavy atom. The first-order valence-electron chi connectivity index (χ1n) is 7.35. The van der Waals surface area contributed by atoms with Crippen molar-refractivity contribution in [2.24, 2.45) is 0 Å². The molecule has 0 unspecified atom stereocenters. The lowest BCUT2D eigenvalue weighted by atomic mass is 10.0. The Morgan fingerprint density at radius 2 is 1.95 bits per heavy atom. The second-order valence-electron chi connectivity index (χ2n) is 5.71. The number of thiazole rings is 1. The van der Waals surface area contributed by atoms with Gasteiger partial charge in [-0.2, -0.15) is 0 Å². The number of nitrogens with zero attached hydrogens (tertiary/aromatic N) is 2. The standard InChI is InChI=1S/C15H19N3O2S/c1-10-17-12-9-13(11(16)8-14(12)21-10)18-4-2-15(3-5-18)19-6-7-20-15/h8-9H,2-7,16H2,1H3. The molecule has 4 rings (SSSR count). The van der Waals surface area contributed by atoms with Gasteiger partial charge in [0, 0.05) is 25.9 Å². The molecule has 1 aromatic heterocycles. The molecule has 21 heavy (non-hydrogen) atoms. The fraction of sp³-hybridized carbons (Fsp3) is 0.533. The summed E-state index contributed by atoms with van der Waals surface area (Å²) in [5.74, 6) is -0.341. The molecule has 2 fully saturated rings. The van der Waals surface area contributed by atoms with Crippen LogP contribution in [0.25, 0.3) is 10.2 Å². The number of aromatic nitrogens is 1. The van der Waals surface area contributed by atoms with Crippen LogP contribution in [0.3, 0.4) is 0 Å². The molecule has 2 aromatic rings. The van der Waals surface area contributed by atoms with Crippen LogP contribution in [0.4, 0.5) is 11.4 Å². The van der Waals surface area contributed by atoms with Gasteiger partial charge in [-0.3, -0.25) is 0 Å². The molecule has 0 bridgehead atoms. The van der Waals surface area contributed by atoms with Crippen molar-refractivity contribution in [3.8, 4) is 0 Å². The van der Waals surface area contributed by atoms with Crippen molar-refractivity contribution in [2.45, 2.75) is 25.6 Å². The highest BCUT2D eigenvalue weighted by Crippen LogP contribution is 2.37. The van der Waals surface area contributed by atoms with Gasteiger partial charge in [0.1, 0.15) is 0 Å². The quantitative estimate of drug-likeness (QED) is 0.820. The topological polar surface area (TPSA) is 60.6 Å². The molecular formula is C15H19N3O2S. The van der Waals surface area contributed by atoms with Crippen molar-refractivity contribution in [1.82, 2.24) is 4.98 Å². The van der Waals surface area contributed by atoms with Gasteiger partial charge in [-0.15, -0.1) is 11.3 Å². The van der Waals surface area contributed by atoms with E-state index in [9.17, 15) is 0 Å². The zero-order valence-corrected chi connectivity index (χ0v) is 12.9. The second kappa shape index (κ2) is 4.83. The molecule has 2 aliphatic rings. The van der Waals surface area contributed by atoms with E-state index >= 15 is 0 Å². The minimum absolute atomic E-state index is 0.341. The van der Waals surface area contributed by atoms with Crippen molar-refractivity contribution in [2.75, 3.05) is 36.9 Å². The highest BCUT2D eigenvalue weighted by molar-refractivity contribution is 7.18. The predicted octanol–water partition coefficient (Wildman–Crippen LogP) is 2.53. The highest BCUT2D eigenvalue weighted by atomic mass is 32.1. The molecule has 2 saturated heterocycles. The van der Waals surface area contributed by atoms with E-state index in [2.05, 4.69) is 16.0 Å². The van der Waals surface area contributed by atoms with Crippen LogP contribution in [0.5, 0.6) is 0 Å². The van der Waals surface area contributed by atoms with Crippen molar-refractivity contribution < 1.29 is 9.47 Å². The van der Waals surface area contributed by atoms with Gasteiger partial charge in [-0.25, -0.2) is 4.98 Å². The van der Waals surface area contributed by atoms with Crippen LogP contribution < -0.4 is 10.6 Å². The van der Waals surface area contributed by atoms with Gasteiger partial charge in [0.15, 0.2) is 5.79 Å². The molecule has 2 aliphatic heterocycles. The minimum atomic E-state index is -0.341. The lowest BCUT2D eigenvalue weighted by molar-refractivity contribution is -0.169. The summed E-state index contributed by atoms with van der Waals surface area (Å²) in [6.45, 7) is 5.26. The summed E-state index contributed by atoms with van der Waals surface area (Å²) in [4.78, 5) is 6.89. The van der Waals surface area contributed by atoms with Crippen LogP contribution in [-0.4, -0.2) is 37.1 Å². The maximum Gasteiger partial charge on any atom is 0.171 e. The summed E-state index contributed by atoms with van der Waals surface area (Å²) in [7, 11) is 0. The van der Waals surface area contributed by atoms with Crippen LogP contribution in [-0.2, 0) is 9.47 Å². The van der Waals surface area contributed by atoms with Crippen molar-refractivity contribution in [1.29, 1.82) is 0 Å². The summed E-state index contributed by atoms with van der Waals surface area (Å²) in [6.07, 6.45) is 1.78. The third-order valence-corrected chi connectivity index (χ3v) is 5.26. The van der Waals surface area contributed by atoms with Gasteiger partial charge >= 0.3 is 0 Å². The number of anilines is 2. The molecule has 1 spiro atoms. The molecule has 0 atom stereocenters. The van der Waals surface area contributed by atoms with Gasteiger partial charge in [-0.1, -0.05) is 0 Å². The Labute approximate surface area is 127 Å². The van der Waals surface area contributed by atoms with Gasteiger partial charge in [0.05, 0.1) is 39.8 Å². The second-order valence-corrected chi connectivity index (χ2v) is 6.94. The maximum atomic E-state index is 6.25. The smallest absolute Gasteiger partial charge is 0.171 e. The maximum absolute atomic E-state index is 6.25. The first kappa shape index (κ1) is 13.3. The predicted molar refractivity (Wildman–Crippen MR) is 84.9 cm³/mol.